The molecule has 4 rings (SSSR count). The summed E-state index contributed by atoms with van der Waals surface area (Å²) in [6, 6.07) is 13.0. The Morgan fingerprint density at radius 2 is 1.96 bits per heavy atom. The molecular weight excluding hydrogens is 375 g/mol. The first-order valence-electron chi connectivity index (χ1n) is 9.42. The van der Waals surface area contributed by atoms with Crippen LogP contribution in [0.3, 0.4) is 0 Å². The normalized spacial score (nSPS) is 15.5. The van der Waals surface area contributed by atoms with Gasteiger partial charge in [0, 0.05) is 47.2 Å². The molecule has 146 valence electrons. The summed E-state index contributed by atoms with van der Waals surface area (Å²) in [5.74, 6) is -0.0832. The molecule has 1 aliphatic rings. The lowest BCUT2D eigenvalue weighted by Gasteiger charge is -2.33. The molecule has 1 aromatic heterocycles. The predicted octanol–water partition coefficient (Wildman–Crippen LogP) is 3.47. The minimum Gasteiger partial charge on any atom is -0.360 e. The fourth-order valence-electron chi connectivity index (χ4n) is 3.47. The van der Waals surface area contributed by atoms with Crippen LogP contribution in [-0.2, 0) is 4.79 Å². The number of fused-ring (bicyclic) bond motifs is 1. The van der Waals surface area contributed by atoms with Crippen LogP contribution in [0, 0.1) is 5.82 Å². The van der Waals surface area contributed by atoms with Crippen LogP contribution < -0.4 is 5.73 Å². The first kappa shape index (κ1) is 19.0. The molecule has 28 heavy (non-hydrogen) atoms. The largest absolute Gasteiger partial charge is 0.360 e. The molecule has 1 aliphatic heterocycles. The molecule has 5 nitrogen and oxygen atoms in total. The second-order valence-electron chi connectivity index (χ2n) is 6.89. The van der Waals surface area contributed by atoms with Crippen LogP contribution >= 0.6 is 11.9 Å². The highest BCUT2D eigenvalue weighted by Crippen LogP contribution is 2.31. The van der Waals surface area contributed by atoms with E-state index in [1.807, 2.05) is 11.1 Å². The third kappa shape index (κ3) is 4.06. The Kier molecular flexibility index (Phi) is 5.66. The number of hydrogen-bond donors (Lipinski definition) is 2. The topological polar surface area (TPSA) is 65.4 Å². The van der Waals surface area contributed by atoms with Gasteiger partial charge in [0.2, 0.25) is 5.91 Å². The third-order valence-electron chi connectivity index (χ3n) is 4.96. The molecule has 3 N–H and O–H groups in total. The lowest BCUT2D eigenvalue weighted by molar-refractivity contribution is -0.133. The van der Waals surface area contributed by atoms with Gasteiger partial charge in [-0.2, -0.15) is 0 Å². The van der Waals surface area contributed by atoms with Gasteiger partial charge in [0.25, 0.3) is 0 Å². The maximum Gasteiger partial charge on any atom is 0.237 e. The van der Waals surface area contributed by atoms with Crippen molar-refractivity contribution in [1.29, 1.82) is 0 Å². The summed E-state index contributed by atoms with van der Waals surface area (Å²) in [6.07, 6.45) is 2.76. The van der Waals surface area contributed by atoms with Crippen LogP contribution in [0.2, 0.25) is 0 Å². The number of carbonyl (C=O) groups excluding carboxylic acids is 1. The number of rotatable bonds is 6. The van der Waals surface area contributed by atoms with Crippen molar-refractivity contribution in [3.63, 3.8) is 0 Å². The molecule has 3 aromatic rings. The van der Waals surface area contributed by atoms with Crippen molar-refractivity contribution in [3.05, 3.63) is 54.5 Å². The summed E-state index contributed by atoms with van der Waals surface area (Å²) in [5.41, 5.74) is 8.45. The molecular formula is C21H23FN4OS. The van der Waals surface area contributed by atoms with E-state index in [4.69, 9.17) is 5.73 Å². The van der Waals surface area contributed by atoms with Gasteiger partial charge in [-0.25, -0.2) is 8.70 Å². The zero-order valence-electron chi connectivity index (χ0n) is 15.5. The SMILES string of the molecule is NCCCN1CCN(Sc2ccc(-c3c[nH]c4cc(F)ccc34)cc2)CC1=O. The fraction of sp³-hybridized carbons (Fsp3) is 0.286. The molecule has 0 atom stereocenters. The van der Waals surface area contributed by atoms with Crippen LogP contribution in [-0.4, -0.2) is 52.8 Å². The third-order valence-corrected chi connectivity index (χ3v) is 6.01. The molecule has 0 saturated carbocycles. The highest BCUT2D eigenvalue weighted by atomic mass is 32.2. The number of H-pyrrole nitrogens is 1. The molecule has 7 heteroatoms. The Morgan fingerprint density at radius 3 is 2.71 bits per heavy atom. The number of halogens is 1. The minimum absolute atomic E-state index is 0.162. The van der Waals surface area contributed by atoms with E-state index in [2.05, 4.69) is 33.6 Å². The summed E-state index contributed by atoms with van der Waals surface area (Å²) in [6.45, 7) is 3.37. The maximum atomic E-state index is 13.4. The van der Waals surface area contributed by atoms with Crippen LogP contribution in [0.1, 0.15) is 6.42 Å². The monoisotopic (exact) mass is 398 g/mol. The van der Waals surface area contributed by atoms with Crippen molar-refractivity contribution >= 4 is 28.8 Å². The van der Waals surface area contributed by atoms with E-state index in [-0.39, 0.29) is 11.7 Å². The van der Waals surface area contributed by atoms with E-state index < -0.39 is 0 Å². The van der Waals surface area contributed by atoms with Gasteiger partial charge in [-0.15, -0.1) is 0 Å². The number of aromatic nitrogens is 1. The van der Waals surface area contributed by atoms with E-state index in [9.17, 15) is 9.18 Å². The zero-order chi connectivity index (χ0) is 19.5. The Morgan fingerprint density at radius 1 is 1.14 bits per heavy atom. The number of benzene rings is 2. The summed E-state index contributed by atoms with van der Waals surface area (Å²) < 4.78 is 15.5. The van der Waals surface area contributed by atoms with Crippen LogP contribution in [0.15, 0.2) is 53.6 Å². The predicted molar refractivity (Wildman–Crippen MR) is 111 cm³/mol. The van der Waals surface area contributed by atoms with Gasteiger partial charge >= 0.3 is 0 Å². The van der Waals surface area contributed by atoms with E-state index in [1.54, 1.807) is 18.0 Å². The van der Waals surface area contributed by atoms with E-state index >= 15 is 0 Å². The minimum atomic E-state index is -0.245. The lowest BCUT2D eigenvalue weighted by Crippen LogP contribution is -2.48. The van der Waals surface area contributed by atoms with Gasteiger partial charge in [0.15, 0.2) is 0 Å². The van der Waals surface area contributed by atoms with Crippen molar-refractivity contribution in [3.8, 4) is 11.1 Å². The van der Waals surface area contributed by atoms with Crippen molar-refractivity contribution in [2.75, 3.05) is 32.7 Å². The van der Waals surface area contributed by atoms with Crippen molar-refractivity contribution in [2.24, 2.45) is 5.73 Å². The van der Waals surface area contributed by atoms with Gasteiger partial charge in [-0.05, 0) is 60.8 Å². The quantitative estimate of drug-likeness (QED) is 0.624. The molecule has 0 radical (unpaired) electrons. The Bertz CT molecular complexity index is 972. The highest BCUT2D eigenvalue weighted by molar-refractivity contribution is 7.97. The maximum absolute atomic E-state index is 13.4. The van der Waals surface area contributed by atoms with Gasteiger partial charge in [-0.1, -0.05) is 12.1 Å². The van der Waals surface area contributed by atoms with E-state index in [0.29, 0.717) is 13.1 Å². The molecule has 1 amide bonds. The highest BCUT2D eigenvalue weighted by Gasteiger charge is 2.24. The molecule has 0 aliphatic carbocycles. The second-order valence-corrected chi connectivity index (χ2v) is 8.06. The van der Waals surface area contributed by atoms with Crippen molar-refractivity contribution < 1.29 is 9.18 Å². The second kappa shape index (κ2) is 8.34. The molecule has 0 bridgehead atoms. The standard InChI is InChI=1S/C21H23FN4OS/c22-16-4-7-18-19(13-24-20(18)12-16)15-2-5-17(6-3-15)28-26-11-10-25(9-1-8-23)21(27)14-26/h2-7,12-13,24H,1,8-11,14,23H2. The average Bonchev–Trinajstić information content (AvgIpc) is 3.11. The number of hydrogen-bond acceptors (Lipinski definition) is 4. The first-order valence-corrected chi connectivity index (χ1v) is 10.2. The molecule has 1 fully saturated rings. The Hall–Kier alpha value is -2.35. The Balaban J connectivity index is 1.42. The van der Waals surface area contributed by atoms with Crippen LogP contribution in [0.4, 0.5) is 4.39 Å². The lowest BCUT2D eigenvalue weighted by atomic mass is 10.1. The zero-order valence-corrected chi connectivity index (χ0v) is 16.3. The summed E-state index contributed by atoms with van der Waals surface area (Å²) in [7, 11) is 0. The average molecular weight is 399 g/mol. The van der Waals surface area contributed by atoms with Crippen LogP contribution in [0.25, 0.3) is 22.0 Å². The molecule has 0 spiro atoms. The number of nitrogens with two attached hydrogens (primary N) is 1. The molecule has 1 saturated heterocycles. The number of aromatic amines is 1. The number of nitrogens with zero attached hydrogens (tertiary/aromatic N) is 2. The summed E-state index contributed by atoms with van der Waals surface area (Å²) >= 11 is 1.61. The number of nitrogens with one attached hydrogen (secondary N) is 1. The van der Waals surface area contributed by atoms with Crippen LogP contribution in [0.5, 0.6) is 0 Å². The van der Waals surface area contributed by atoms with Crippen molar-refractivity contribution in [2.45, 2.75) is 11.3 Å². The smallest absolute Gasteiger partial charge is 0.237 e. The van der Waals surface area contributed by atoms with Gasteiger partial charge in [0.1, 0.15) is 5.82 Å². The van der Waals surface area contributed by atoms with E-state index in [0.717, 1.165) is 53.0 Å². The fourth-order valence-corrected chi connectivity index (χ4v) is 4.37. The van der Waals surface area contributed by atoms with E-state index in [1.165, 1.54) is 12.1 Å². The number of piperazine rings is 1. The molecule has 2 aromatic carbocycles. The van der Waals surface area contributed by atoms with Gasteiger partial charge in [0.05, 0.1) is 6.54 Å². The van der Waals surface area contributed by atoms with Crippen molar-refractivity contribution in [1.82, 2.24) is 14.2 Å². The summed E-state index contributed by atoms with van der Waals surface area (Å²) in [5, 5.41) is 1.00. The first-order chi connectivity index (χ1) is 13.6. The molecule has 2 heterocycles. The molecule has 0 unspecified atom stereocenters. The number of amides is 1. The van der Waals surface area contributed by atoms with Gasteiger partial charge < -0.3 is 15.6 Å². The summed E-state index contributed by atoms with van der Waals surface area (Å²) in [4.78, 5) is 18.4. The van der Waals surface area contributed by atoms with Gasteiger partial charge in [-0.3, -0.25) is 4.79 Å². The number of carbonyl (C=O) groups is 1. The Labute approximate surface area is 167 Å².